The van der Waals surface area contributed by atoms with Gasteiger partial charge in [-0.25, -0.2) is 0 Å². The van der Waals surface area contributed by atoms with Crippen molar-refractivity contribution < 1.29 is 19.5 Å². The Morgan fingerprint density at radius 3 is 2.86 bits per heavy atom. The van der Waals surface area contributed by atoms with Crippen molar-refractivity contribution in [1.29, 1.82) is 0 Å². The number of amides is 2. The zero-order chi connectivity index (χ0) is 20.3. The van der Waals surface area contributed by atoms with Gasteiger partial charge in [-0.15, -0.1) is 0 Å². The molecule has 1 unspecified atom stereocenters. The van der Waals surface area contributed by atoms with Gasteiger partial charge in [0.05, 0.1) is 12.5 Å². The third-order valence-corrected chi connectivity index (χ3v) is 5.45. The van der Waals surface area contributed by atoms with Gasteiger partial charge >= 0.3 is 5.97 Å². The minimum atomic E-state index is -0.865. The number of aromatic amines is 1. The number of aliphatic carboxylic acids is 1. The molecule has 0 aliphatic carbocycles. The molecular formula is C21H27N3O4. The predicted octanol–water partition coefficient (Wildman–Crippen LogP) is 2.19. The fraction of sp³-hybridized carbons (Fsp3) is 0.476. The zero-order valence-electron chi connectivity index (χ0n) is 16.4. The Morgan fingerprint density at radius 2 is 2.11 bits per heavy atom. The molecule has 7 nitrogen and oxygen atoms in total. The van der Waals surface area contributed by atoms with Crippen molar-refractivity contribution in [2.75, 3.05) is 26.7 Å². The van der Waals surface area contributed by atoms with Gasteiger partial charge in [-0.1, -0.05) is 11.6 Å². The first kappa shape index (κ1) is 19.9. The Bertz CT molecular complexity index is 889. The number of nitrogens with one attached hydrogen (secondary N) is 1. The highest BCUT2D eigenvalue weighted by Crippen LogP contribution is 2.21. The van der Waals surface area contributed by atoms with Crippen LogP contribution in [0.1, 0.15) is 30.4 Å². The fourth-order valence-corrected chi connectivity index (χ4v) is 3.73. The highest BCUT2D eigenvalue weighted by atomic mass is 16.4. The van der Waals surface area contributed by atoms with Crippen molar-refractivity contribution in [3.8, 4) is 0 Å². The molecule has 2 amide bonds. The number of carbonyl (C=O) groups is 3. The largest absolute Gasteiger partial charge is 0.481 e. The van der Waals surface area contributed by atoms with E-state index in [1.54, 1.807) is 11.9 Å². The number of hydrogen-bond acceptors (Lipinski definition) is 3. The van der Waals surface area contributed by atoms with E-state index in [1.807, 2.05) is 25.3 Å². The lowest BCUT2D eigenvalue weighted by molar-refractivity contribution is -0.147. The Hall–Kier alpha value is -2.83. The van der Waals surface area contributed by atoms with Crippen molar-refractivity contribution in [1.82, 2.24) is 14.8 Å². The number of carbonyl (C=O) groups excluding carboxylic acids is 2. The summed E-state index contributed by atoms with van der Waals surface area (Å²) in [6, 6.07) is 6.18. The molecule has 2 N–H and O–H groups in total. The number of H-pyrrole nitrogens is 1. The van der Waals surface area contributed by atoms with Gasteiger partial charge in [0.15, 0.2) is 0 Å². The number of hydrogen-bond donors (Lipinski definition) is 2. The summed E-state index contributed by atoms with van der Waals surface area (Å²) >= 11 is 0. The van der Waals surface area contributed by atoms with E-state index in [4.69, 9.17) is 5.11 Å². The molecule has 2 heterocycles. The highest BCUT2D eigenvalue weighted by molar-refractivity contribution is 5.87. The average Bonchev–Trinajstić information content (AvgIpc) is 3.08. The second-order valence-corrected chi connectivity index (χ2v) is 7.63. The van der Waals surface area contributed by atoms with E-state index in [1.165, 1.54) is 10.5 Å². The zero-order valence-corrected chi connectivity index (χ0v) is 16.4. The summed E-state index contributed by atoms with van der Waals surface area (Å²) < 4.78 is 0. The molecule has 7 heteroatoms. The number of aryl methyl sites for hydroxylation is 2. The quantitative estimate of drug-likeness (QED) is 0.797. The van der Waals surface area contributed by atoms with Gasteiger partial charge < -0.3 is 19.9 Å². The number of fused-ring (bicyclic) bond motifs is 1. The van der Waals surface area contributed by atoms with Crippen molar-refractivity contribution in [2.24, 2.45) is 5.92 Å². The molecule has 3 rings (SSSR count). The lowest BCUT2D eigenvalue weighted by Gasteiger charge is -2.32. The number of piperidine rings is 1. The minimum absolute atomic E-state index is 0.0157. The van der Waals surface area contributed by atoms with Gasteiger partial charge in [-0.05, 0) is 43.9 Å². The van der Waals surface area contributed by atoms with E-state index in [9.17, 15) is 14.4 Å². The first-order chi connectivity index (χ1) is 13.3. The van der Waals surface area contributed by atoms with Gasteiger partial charge in [-0.3, -0.25) is 14.4 Å². The lowest BCUT2D eigenvalue weighted by Crippen LogP contribution is -2.46. The molecule has 0 bridgehead atoms. The normalized spacial score (nSPS) is 16.9. The van der Waals surface area contributed by atoms with Gasteiger partial charge in [0, 0.05) is 43.7 Å². The standard InChI is InChI=1S/C21H27N3O4/c1-14-5-7-18-17(10-14)15(11-22-18)6-8-19(25)23(2)13-20(26)24-9-3-4-16(12-24)21(27)28/h5,7,10-11,16,22H,3-4,6,8-9,12-13H2,1-2H3,(H,27,28). The maximum atomic E-state index is 12.5. The van der Waals surface area contributed by atoms with E-state index >= 15 is 0 Å². The number of nitrogens with zero attached hydrogens (tertiary/aromatic N) is 2. The maximum Gasteiger partial charge on any atom is 0.308 e. The smallest absolute Gasteiger partial charge is 0.308 e. The third-order valence-electron chi connectivity index (χ3n) is 5.45. The lowest BCUT2D eigenvalue weighted by atomic mass is 9.98. The number of benzene rings is 1. The summed E-state index contributed by atoms with van der Waals surface area (Å²) in [6.45, 7) is 2.80. The van der Waals surface area contributed by atoms with Crippen molar-refractivity contribution in [3.05, 3.63) is 35.5 Å². The number of likely N-dealkylation sites (N-methyl/N-ethyl adjacent to an activating group) is 1. The van der Waals surface area contributed by atoms with Crippen molar-refractivity contribution in [3.63, 3.8) is 0 Å². The molecule has 150 valence electrons. The molecule has 1 aliphatic rings. The monoisotopic (exact) mass is 385 g/mol. The number of likely N-dealkylation sites (tertiary alicyclic amines) is 1. The van der Waals surface area contributed by atoms with E-state index in [0.29, 0.717) is 32.2 Å². The first-order valence-corrected chi connectivity index (χ1v) is 9.66. The van der Waals surface area contributed by atoms with Gasteiger partial charge in [-0.2, -0.15) is 0 Å². The highest BCUT2D eigenvalue weighted by Gasteiger charge is 2.28. The summed E-state index contributed by atoms with van der Waals surface area (Å²) in [5, 5.41) is 10.3. The molecule has 1 atom stereocenters. The average molecular weight is 385 g/mol. The van der Waals surface area contributed by atoms with E-state index in [-0.39, 0.29) is 24.9 Å². The molecule has 28 heavy (non-hydrogen) atoms. The van der Waals surface area contributed by atoms with Crippen LogP contribution in [0.25, 0.3) is 10.9 Å². The van der Waals surface area contributed by atoms with Crippen LogP contribution in [0.3, 0.4) is 0 Å². The second kappa shape index (κ2) is 8.46. The van der Waals surface area contributed by atoms with E-state index in [2.05, 4.69) is 11.1 Å². The summed E-state index contributed by atoms with van der Waals surface area (Å²) in [7, 11) is 1.62. The van der Waals surface area contributed by atoms with Crippen LogP contribution in [0.4, 0.5) is 0 Å². The molecule has 1 aliphatic heterocycles. The first-order valence-electron chi connectivity index (χ1n) is 9.66. The molecule has 1 aromatic heterocycles. The van der Waals surface area contributed by atoms with Gasteiger partial charge in [0.2, 0.25) is 11.8 Å². The van der Waals surface area contributed by atoms with E-state index in [0.717, 1.165) is 16.5 Å². The second-order valence-electron chi connectivity index (χ2n) is 7.63. The van der Waals surface area contributed by atoms with Crippen molar-refractivity contribution >= 4 is 28.7 Å². The van der Waals surface area contributed by atoms with Crippen LogP contribution < -0.4 is 0 Å². The van der Waals surface area contributed by atoms with Crippen LogP contribution in [0, 0.1) is 12.8 Å². The summed E-state index contributed by atoms with van der Waals surface area (Å²) in [4.78, 5) is 42.3. The fourth-order valence-electron chi connectivity index (χ4n) is 3.73. The number of rotatable bonds is 6. The molecule has 0 radical (unpaired) electrons. The molecule has 2 aromatic rings. The Morgan fingerprint density at radius 1 is 1.32 bits per heavy atom. The number of carboxylic acid groups (broad SMARTS) is 1. The van der Waals surface area contributed by atoms with Crippen molar-refractivity contribution in [2.45, 2.75) is 32.6 Å². The Labute approximate surface area is 164 Å². The summed E-state index contributed by atoms with van der Waals surface area (Å²) in [5.41, 5.74) is 3.31. The SMILES string of the molecule is Cc1ccc2[nH]cc(CCC(=O)N(C)CC(=O)N3CCCC(C(=O)O)C3)c2c1. The molecule has 1 saturated heterocycles. The number of aromatic nitrogens is 1. The minimum Gasteiger partial charge on any atom is -0.481 e. The van der Waals surface area contributed by atoms with Gasteiger partial charge in [0.1, 0.15) is 0 Å². The van der Waals surface area contributed by atoms with Crippen LogP contribution in [0.15, 0.2) is 24.4 Å². The van der Waals surface area contributed by atoms with Crippen LogP contribution in [0.5, 0.6) is 0 Å². The topological polar surface area (TPSA) is 93.7 Å². The molecule has 1 aromatic carbocycles. The molecule has 0 saturated carbocycles. The molecule has 0 spiro atoms. The number of carboxylic acids is 1. The van der Waals surface area contributed by atoms with Crippen LogP contribution >= 0.6 is 0 Å². The van der Waals surface area contributed by atoms with Gasteiger partial charge in [0.25, 0.3) is 0 Å². The Balaban J connectivity index is 1.53. The summed E-state index contributed by atoms with van der Waals surface area (Å²) in [6.07, 6.45) is 4.13. The van der Waals surface area contributed by atoms with Crippen LogP contribution in [0.2, 0.25) is 0 Å². The van der Waals surface area contributed by atoms with E-state index < -0.39 is 11.9 Å². The summed E-state index contributed by atoms with van der Waals surface area (Å²) in [5.74, 6) is -1.66. The third kappa shape index (κ3) is 4.52. The maximum absolute atomic E-state index is 12.5. The predicted molar refractivity (Wildman–Crippen MR) is 106 cm³/mol. The molecular weight excluding hydrogens is 358 g/mol. The Kier molecular flexibility index (Phi) is 6.02. The van der Waals surface area contributed by atoms with Crippen LogP contribution in [-0.2, 0) is 20.8 Å². The molecule has 1 fully saturated rings. The van der Waals surface area contributed by atoms with Crippen LogP contribution in [-0.4, -0.2) is 64.4 Å².